The van der Waals surface area contributed by atoms with Crippen LogP contribution < -0.4 is 15.4 Å². The van der Waals surface area contributed by atoms with Crippen molar-refractivity contribution in [1.29, 1.82) is 0 Å². The third kappa shape index (κ3) is 7.86. The zero-order valence-corrected chi connectivity index (χ0v) is 15.2. The third-order valence-corrected chi connectivity index (χ3v) is 4.29. The predicted octanol–water partition coefficient (Wildman–Crippen LogP) is 1.14. The maximum atomic E-state index is 11.4. The topological polar surface area (TPSA) is 73.8 Å². The molecule has 1 amide bonds. The normalized spacial score (nSPS) is 16.4. The van der Waals surface area contributed by atoms with Crippen molar-refractivity contribution in [1.82, 2.24) is 15.5 Å². The molecule has 1 heterocycles. The fourth-order valence-electron chi connectivity index (χ4n) is 2.99. The van der Waals surface area contributed by atoms with Crippen LogP contribution in [-0.2, 0) is 11.3 Å². The Morgan fingerprint density at radius 3 is 2.64 bits per heavy atom. The summed E-state index contributed by atoms with van der Waals surface area (Å²) < 4.78 is 5.42. The molecule has 1 aliphatic rings. The number of likely N-dealkylation sites (tertiary alicyclic amines) is 1. The van der Waals surface area contributed by atoms with Gasteiger partial charge in [-0.2, -0.15) is 0 Å². The lowest BCUT2D eigenvalue weighted by Gasteiger charge is -2.28. The quantitative estimate of drug-likeness (QED) is 0.591. The van der Waals surface area contributed by atoms with Gasteiger partial charge in [-0.25, -0.2) is 0 Å². The second-order valence-electron chi connectivity index (χ2n) is 6.53. The van der Waals surface area contributed by atoms with Gasteiger partial charge in [0, 0.05) is 26.2 Å². The summed E-state index contributed by atoms with van der Waals surface area (Å²) in [7, 11) is 0. The summed E-state index contributed by atoms with van der Waals surface area (Å²) in [5.41, 5.74) is 1.12. The van der Waals surface area contributed by atoms with Crippen LogP contribution in [0.1, 0.15) is 31.7 Å². The lowest BCUT2D eigenvalue weighted by atomic mass is 10.1. The van der Waals surface area contributed by atoms with Gasteiger partial charge in [-0.3, -0.25) is 4.79 Å². The lowest BCUT2D eigenvalue weighted by molar-refractivity contribution is -0.122. The first-order valence-corrected chi connectivity index (χ1v) is 9.27. The third-order valence-electron chi connectivity index (χ3n) is 4.29. The molecule has 3 N–H and O–H groups in total. The number of hydrogen-bond donors (Lipinski definition) is 3. The van der Waals surface area contributed by atoms with Gasteiger partial charge in [-0.15, -0.1) is 0 Å². The number of β-amino-alcohol motifs (C(OH)–C–C–N with tert-alkyl or cyclic N) is 1. The summed E-state index contributed by atoms with van der Waals surface area (Å²) in [5, 5.41) is 16.1. The zero-order chi connectivity index (χ0) is 17.9. The number of hydrogen-bond acceptors (Lipinski definition) is 5. The second kappa shape index (κ2) is 11.1. The SMILES string of the molecule is CCNC(=O)COc1ccc(CNCC(O)CN2CCCCC2)cc1. The maximum absolute atomic E-state index is 11.4. The number of benzene rings is 1. The highest BCUT2D eigenvalue weighted by molar-refractivity contribution is 5.77. The van der Waals surface area contributed by atoms with Gasteiger partial charge in [-0.05, 0) is 50.6 Å². The molecule has 0 spiro atoms. The van der Waals surface area contributed by atoms with Crippen molar-refractivity contribution < 1.29 is 14.6 Å². The van der Waals surface area contributed by atoms with E-state index >= 15 is 0 Å². The van der Waals surface area contributed by atoms with E-state index < -0.39 is 0 Å². The van der Waals surface area contributed by atoms with Crippen LogP contribution in [0.3, 0.4) is 0 Å². The number of likely N-dealkylation sites (N-methyl/N-ethyl adjacent to an activating group) is 1. The Labute approximate surface area is 150 Å². The molecule has 1 aromatic carbocycles. The van der Waals surface area contributed by atoms with E-state index in [1.165, 1.54) is 19.3 Å². The van der Waals surface area contributed by atoms with Gasteiger partial charge in [0.2, 0.25) is 0 Å². The maximum Gasteiger partial charge on any atom is 0.257 e. The highest BCUT2D eigenvalue weighted by Gasteiger charge is 2.14. The molecule has 0 radical (unpaired) electrons. The van der Waals surface area contributed by atoms with Gasteiger partial charge >= 0.3 is 0 Å². The molecular formula is C19H31N3O3. The summed E-state index contributed by atoms with van der Waals surface area (Å²) in [4.78, 5) is 13.7. The van der Waals surface area contributed by atoms with Crippen LogP contribution in [0.5, 0.6) is 5.75 Å². The molecule has 0 saturated carbocycles. The van der Waals surface area contributed by atoms with Crippen LogP contribution in [0.15, 0.2) is 24.3 Å². The number of nitrogens with one attached hydrogen (secondary N) is 2. The van der Waals surface area contributed by atoms with E-state index in [2.05, 4.69) is 15.5 Å². The van der Waals surface area contributed by atoms with Crippen molar-refractivity contribution in [2.24, 2.45) is 0 Å². The zero-order valence-electron chi connectivity index (χ0n) is 15.2. The highest BCUT2D eigenvalue weighted by Crippen LogP contribution is 2.12. The Hall–Kier alpha value is -1.63. The number of carbonyl (C=O) groups excluding carboxylic acids is 1. The van der Waals surface area contributed by atoms with Gasteiger partial charge in [0.1, 0.15) is 5.75 Å². The van der Waals surface area contributed by atoms with Gasteiger partial charge in [0.15, 0.2) is 6.61 Å². The first kappa shape index (κ1) is 19.7. The minimum Gasteiger partial charge on any atom is -0.484 e. The lowest BCUT2D eigenvalue weighted by Crippen LogP contribution is -2.40. The van der Waals surface area contributed by atoms with Crippen molar-refractivity contribution in [2.75, 3.05) is 39.3 Å². The molecule has 6 nitrogen and oxygen atoms in total. The Balaban J connectivity index is 1.62. The standard InChI is InChI=1S/C19H31N3O3/c1-2-21-19(24)15-25-18-8-6-16(7-9-18)12-20-13-17(23)14-22-10-4-3-5-11-22/h6-9,17,20,23H,2-5,10-15H2,1H3,(H,21,24). The molecule has 1 atom stereocenters. The Morgan fingerprint density at radius 2 is 1.96 bits per heavy atom. The monoisotopic (exact) mass is 349 g/mol. The fourth-order valence-corrected chi connectivity index (χ4v) is 2.99. The minimum atomic E-state index is -0.335. The number of amides is 1. The number of piperidine rings is 1. The largest absolute Gasteiger partial charge is 0.484 e. The summed E-state index contributed by atoms with van der Waals surface area (Å²) in [6.45, 7) is 6.77. The molecule has 2 rings (SSSR count). The number of carbonyl (C=O) groups is 1. The average Bonchev–Trinajstić information content (AvgIpc) is 2.62. The number of aliphatic hydroxyl groups is 1. The molecule has 0 aliphatic carbocycles. The van der Waals surface area contributed by atoms with Crippen LogP contribution in [0, 0.1) is 0 Å². The van der Waals surface area contributed by atoms with Crippen LogP contribution in [-0.4, -0.2) is 61.3 Å². The van der Waals surface area contributed by atoms with Crippen molar-refractivity contribution >= 4 is 5.91 Å². The van der Waals surface area contributed by atoms with Crippen molar-refractivity contribution in [2.45, 2.75) is 38.8 Å². The Bertz CT molecular complexity index is 501. The number of nitrogens with zero attached hydrogens (tertiary/aromatic N) is 1. The second-order valence-corrected chi connectivity index (χ2v) is 6.53. The Morgan fingerprint density at radius 1 is 1.24 bits per heavy atom. The summed E-state index contributed by atoms with van der Waals surface area (Å²) in [6, 6.07) is 7.66. The predicted molar refractivity (Wildman–Crippen MR) is 98.6 cm³/mol. The fraction of sp³-hybridized carbons (Fsp3) is 0.632. The Kier molecular flexibility index (Phi) is 8.72. The molecule has 0 bridgehead atoms. The number of ether oxygens (including phenoxy) is 1. The van der Waals surface area contributed by atoms with E-state index in [4.69, 9.17) is 4.74 Å². The van der Waals surface area contributed by atoms with Gasteiger partial charge in [0.05, 0.1) is 6.10 Å². The minimum absolute atomic E-state index is 0.0358. The van der Waals surface area contributed by atoms with Gasteiger partial charge in [-0.1, -0.05) is 18.6 Å². The molecule has 140 valence electrons. The highest BCUT2D eigenvalue weighted by atomic mass is 16.5. The van der Waals surface area contributed by atoms with Gasteiger partial charge < -0.3 is 25.4 Å². The summed E-state index contributed by atoms with van der Waals surface area (Å²) >= 11 is 0. The van der Waals surface area contributed by atoms with Crippen LogP contribution >= 0.6 is 0 Å². The molecule has 1 aliphatic heterocycles. The molecule has 6 heteroatoms. The van der Waals surface area contributed by atoms with Gasteiger partial charge in [0.25, 0.3) is 5.91 Å². The van der Waals surface area contributed by atoms with E-state index in [-0.39, 0.29) is 18.6 Å². The van der Waals surface area contributed by atoms with Crippen LogP contribution in [0.2, 0.25) is 0 Å². The van der Waals surface area contributed by atoms with E-state index in [0.717, 1.165) is 25.2 Å². The van der Waals surface area contributed by atoms with E-state index in [9.17, 15) is 9.90 Å². The van der Waals surface area contributed by atoms with E-state index in [1.807, 2.05) is 31.2 Å². The molecule has 1 saturated heterocycles. The molecule has 1 unspecified atom stereocenters. The first-order chi connectivity index (χ1) is 12.2. The van der Waals surface area contributed by atoms with E-state index in [0.29, 0.717) is 25.4 Å². The summed E-state index contributed by atoms with van der Waals surface area (Å²) in [6.07, 6.45) is 3.47. The molecule has 0 aromatic heterocycles. The van der Waals surface area contributed by atoms with Crippen LogP contribution in [0.25, 0.3) is 0 Å². The van der Waals surface area contributed by atoms with Crippen LogP contribution in [0.4, 0.5) is 0 Å². The summed E-state index contributed by atoms with van der Waals surface area (Å²) in [5.74, 6) is 0.566. The average molecular weight is 349 g/mol. The molecule has 1 fully saturated rings. The molecule has 1 aromatic rings. The molecule has 25 heavy (non-hydrogen) atoms. The molecular weight excluding hydrogens is 318 g/mol. The number of aliphatic hydroxyl groups excluding tert-OH is 1. The van der Waals surface area contributed by atoms with Crippen molar-refractivity contribution in [3.8, 4) is 5.75 Å². The smallest absolute Gasteiger partial charge is 0.257 e. The van der Waals surface area contributed by atoms with Crippen molar-refractivity contribution in [3.63, 3.8) is 0 Å². The first-order valence-electron chi connectivity index (χ1n) is 9.27. The number of rotatable bonds is 10. The van der Waals surface area contributed by atoms with E-state index in [1.54, 1.807) is 0 Å². The van der Waals surface area contributed by atoms with Crippen molar-refractivity contribution in [3.05, 3.63) is 29.8 Å².